The first-order chi connectivity index (χ1) is 12.7. The van der Waals surface area contributed by atoms with Gasteiger partial charge in [-0.3, -0.25) is 4.79 Å². The molecule has 0 bridgehead atoms. The predicted octanol–water partition coefficient (Wildman–Crippen LogP) is 4.17. The maximum atomic E-state index is 12.9. The van der Waals surface area contributed by atoms with Gasteiger partial charge in [-0.05, 0) is 29.8 Å². The third kappa shape index (κ3) is 4.97. The molecule has 0 aliphatic carbocycles. The van der Waals surface area contributed by atoms with Crippen molar-refractivity contribution in [2.24, 2.45) is 0 Å². The monoisotopic (exact) mass is 440 g/mol. The van der Waals surface area contributed by atoms with Crippen LogP contribution in [0.1, 0.15) is 23.9 Å². The quantitative estimate of drug-likeness (QED) is 0.639. The van der Waals surface area contributed by atoms with Crippen LogP contribution in [0.15, 0.2) is 48.5 Å². The van der Waals surface area contributed by atoms with Crippen LogP contribution >= 0.6 is 36.4 Å². The molecular weight excluding hydrogens is 419 g/mol. The summed E-state index contributed by atoms with van der Waals surface area (Å²) in [4.78, 5) is 22.7. The number of rotatable bonds is 4. The minimum absolute atomic E-state index is 0. The zero-order chi connectivity index (χ0) is 17.9. The van der Waals surface area contributed by atoms with Gasteiger partial charge in [-0.25, -0.2) is 4.98 Å². The first kappa shape index (κ1) is 22.5. The molecule has 2 aromatic carbocycles. The molecule has 1 aromatic heterocycles. The van der Waals surface area contributed by atoms with E-state index in [-0.39, 0.29) is 36.8 Å². The van der Waals surface area contributed by atoms with E-state index in [0.29, 0.717) is 24.4 Å². The van der Waals surface area contributed by atoms with Crippen molar-refractivity contribution in [1.29, 1.82) is 0 Å². The Bertz CT molecular complexity index is 897. The molecule has 0 saturated carbocycles. The van der Waals surface area contributed by atoms with Gasteiger partial charge >= 0.3 is 0 Å². The Morgan fingerprint density at radius 3 is 2.79 bits per heavy atom. The number of aromatic amines is 1. The number of carbonyl (C=O) groups is 1. The molecule has 8 heteroatoms. The number of aryl methyl sites for hydroxylation is 1. The van der Waals surface area contributed by atoms with Crippen LogP contribution in [0.2, 0.25) is 5.02 Å². The zero-order valence-electron chi connectivity index (χ0n) is 15.2. The van der Waals surface area contributed by atoms with Crippen molar-refractivity contribution in [1.82, 2.24) is 20.2 Å². The summed E-state index contributed by atoms with van der Waals surface area (Å²) in [5.74, 6) is 1.01. The van der Waals surface area contributed by atoms with E-state index < -0.39 is 0 Å². The van der Waals surface area contributed by atoms with Gasteiger partial charge in [0.1, 0.15) is 5.82 Å². The summed E-state index contributed by atoms with van der Waals surface area (Å²) in [6.45, 7) is 2.26. The molecule has 5 nitrogen and oxygen atoms in total. The maximum absolute atomic E-state index is 12.9. The van der Waals surface area contributed by atoms with Crippen molar-refractivity contribution in [3.8, 4) is 0 Å². The van der Waals surface area contributed by atoms with Crippen LogP contribution in [-0.4, -0.2) is 40.4 Å². The second-order valence-corrected chi connectivity index (χ2v) is 7.00. The molecule has 150 valence electrons. The number of H-pyrrole nitrogens is 1. The number of para-hydroxylation sites is 2. The molecule has 1 atom stereocenters. The van der Waals surface area contributed by atoms with Gasteiger partial charge in [0.05, 0.1) is 17.1 Å². The van der Waals surface area contributed by atoms with E-state index in [4.69, 9.17) is 11.6 Å². The number of nitrogens with zero attached hydrogens (tertiary/aromatic N) is 2. The van der Waals surface area contributed by atoms with E-state index in [9.17, 15) is 4.79 Å². The standard InChI is InChI=1S/C20H21ClN4O.2ClH/c21-15-5-3-4-14(12-15)18-13-22-10-11-25(18)20(26)9-8-19-23-16-6-1-2-7-17(16)24-19;;/h1-7,12,18,22H,8-11,13H2,(H,23,24);2*1H. The van der Waals surface area contributed by atoms with Crippen LogP contribution in [0.5, 0.6) is 0 Å². The first-order valence-corrected chi connectivity index (χ1v) is 9.28. The fourth-order valence-corrected chi connectivity index (χ4v) is 3.71. The summed E-state index contributed by atoms with van der Waals surface area (Å²) in [6, 6.07) is 15.7. The molecule has 3 aromatic rings. The average Bonchev–Trinajstić information content (AvgIpc) is 3.09. The fourth-order valence-electron chi connectivity index (χ4n) is 3.51. The largest absolute Gasteiger partial charge is 0.342 e. The molecule has 1 unspecified atom stereocenters. The van der Waals surface area contributed by atoms with E-state index in [2.05, 4.69) is 15.3 Å². The summed E-state index contributed by atoms with van der Waals surface area (Å²) in [6.07, 6.45) is 1.05. The van der Waals surface area contributed by atoms with E-state index in [1.165, 1.54) is 0 Å². The highest BCUT2D eigenvalue weighted by molar-refractivity contribution is 6.30. The van der Waals surface area contributed by atoms with Crippen LogP contribution in [0.3, 0.4) is 0 Å². The second-order valence-electron chi connectivity index (χ2n) is 6.56. The SMILES string of the molecule is Cl.Cl.O=C(CCc1nc2ccccc2[nH]1)N1CCNCC1c1cccc(Cl)c1. The summed E-state index contributed by atoms with van der Waals surface area (Å²) in [5, 5.41) is 4.07. The van der Waals surface area contributed by atoms with Gasteiger partial charge in [0, 0.05) is 37.5 Å². The molecule has 1 saturated heterocycles. The Morgan fingerprint density at radius 2 is 2.00 bits per heavy atom. The van der Waals surface area contributed by atoms with E-state index >= 15 is 0 Å². The lowest BCUT2D eigenvalue weighted by Crippen LogP contribution is -2.48. The molecule has 2 N–H and O–H groups in total. The number of nitrogens with one attached hydrogen (secondary N) is 2. The van der Waals surface area contributed by atoms with Crippen molar-refractivity contribution in [2.75, 3.05) is 19.6 Å². The van der Waals surface area contributed by atoms with Gasteiger partial charge in [-0.2, -0.15) is 0 Å². The summed E-state index contributed by atoms with van der Waals surface area (Å²) >= 11 is 6.13. The molecule has 28 heavy (non-hydrogen) atoms. The van der Waals surface area contributed by atoms with Crippen molar-refractivity contribution in [2.45, 2.75) is 18.9 Å². The summed E-state index contributed by atoms with van der Waals surface area (Å²) < 4.78 is 0. The summed E-state index contributed by atoms with van der Waals surface area (Å²) in [5.41, 5.74) is 3.02. The number of hydrogen-bond donors (Lipinski definition) is 2. The third-order valence-electron chi connectivity index (χ3n) is 4.81. The maximum Gasteiger partial charge on any atom is 0.223 e. The molecule has 1 aliphatic heterocycles. The van der Waals surface area contributed by atoms with Crippen molar-refractivity contribution in [3.63, 3.8) is 0 Å². The van der Waals surface area contributed by atoms with Crippen molar-refractivity contribution >= 4 is 53.4 Å². The Kier molecular flexibility index (Phi) is 8.13. The lowest BCUT2D eigenvalue weighted by atomic mass is 10.0. The first-order valence-electron chi connectivity index (χ1n) is 8.90. The number of piperazine rings is 1. The van der Waals surface area contributed by atoms with Gasteiger partial charge in [-0.15, -0.1) is 24.8 Å². The molecule has 1 amide bonds. The van der Waals surface area contributed by atoms with Gasteiger partial charge in [0.15, 0.2) is 0 Å². The van der Waals surface area contributed by atoms with Crippen molar-refractivity contribution in [3.05, 3.63) is 64.9 Å². The number of fused-ring (bicyclic) bond motifs is 1. The lowest BCUT2D eigenvalue weighted by Gasteiger charge is -2.36. The molecule has 4 rings (SSSR count). The molecule has 1 aliphatic rings. The van der Waals surface area contributed by atoms with E-state index in [1.54, 1.807) is 0 Å². The van der Waals surface area contributed by atoms with Crippen LogP contribution in [0.4, 0.5) is 0 Å². The third-order valence-corrected chi connectivity index (χ3v) is 5.05. The lowest BCUT2D eigenvalue weighted by molar-refractivity contribution is -0.134. The van der Waals surface area contributed by atoms with Gasteiger partial charge in [0.25, 0.3) is 0 Å². The number of aromatic nitrogens is 2. The van der Waals surface area contributed by atoms with Gasteiger partial charge in [0.2, 0.25) is 5.91 Å². The van der Waals surface area contributed by atoms with Gasteiger partial charge in [-0.1, -0.05) is 35.9 Å². The number of benzene rings is 2. The summed E-state index contributed by atoms with van der Waals surface area (Å²) in [7, 11) is 0. The number of imidazole rings is 1. The Labute approximate surface area is 181 Å². The number of carbonyl (C=O) groups excluding carboxylic acids is 1. The zero-order valence-corrected chi connectivity index (χ0v) is 17.6. The van der Waals surface area contributed by atoms with Crippen LogP contribution in [-0.2, 0) is 11.2 Å². The number of amides is 1. The number of halogens is 3. The fraction of sp³-hybridized carbons (Fsp3) is 0.300. The van der Waals surface area contributed by atoms with Crippen LogP contribution in [0.25, 0.3) is 11.0 Å². The minimum atomic E-state index is 0. The molecule has 0 spiro atoms. The normalized spacial score (nSPS) is 16.3. The van der Waals surface area contributed by atoms with Gasteiger partial charge < -0.3 is 15.2 Å². The predicted molar refractivity (Wildman–Crippen MR) is 118 cm³/mol. The molecular formula is C20H23Cl3N4O. The van der Waals surface area contributed by atoms with Crippen molar-refractivity contribution < 1.29 is 4.79 Å². The Balaban J connectivity index is 0.00000140. The smallest absolute Gasteiger partial charge is 0.223 e. The highest BCUT2D eigenvalue weighted by atomic mass is 35.5. The minimum Gasteiger partial charge on any atom is -0.342 e. The molecule has 2 heterocycles. The highest BCUT2D eigenvalue weighted by Gasteiger charge is 2.27. The van der Waals surface area contributed by atoms with Crippen LogP contribution in [0, 0.1) is 0 Å². The van der Waals surface area contributed by atoms with E-state index in [0.717, 1.165) is 35.5 Å². The molecule has 1 fully saturated rings. The number of hydrogen-bond acceptors (Lipinski definition) is 3. The topological polar surface area (TPSA) is 61.0 Å². The molecule has 0 radical (unpaired) electrons. The Hall–Kier alpha value is -1.79. The van der Waals surface area contributed by atoms with Crippen LogP contribution < -0.4 is 5.32 Å². The average molecular weight is 442 g/mol. The Morgan fingerprint density at radius 1 is 1.18 bits per heavy atom. The highest BCUT2D eigenvalue weighted by Crippen LogP contribution is 2.25. The second kappa shape index (κ2) is 10.1. The van der Waals surface area contributed by atoms with E-state index in [1.807, 2.05) is 53.4 Å².